The van der Waals surface area contributed by atoms with E-state index in [1.807, 2.05) is 0 Å². The van der Waals surface area contributed by atoms with Crippen molar-refractivity contribution in [2.45, 2.75) is 20.4 Å². The maximum absolute atomic E-state index is 13.2. The van der Waals surface area contributed by atoms with Gasteiger partial charge in [-0.1, -0.05) is 0 Å². The van der Waals surface area contributed by atoms with E-state index in [9.17, 15) is 13.6 Å². The lowest BCUT2D eigenvalue weighted by molar-refractivity contribution is 0.507. The van der Waals surface area contributed by atoms with Gasteiger partial charge in [0.1, 0.15) is 0 Å². The highest BCUT2D eigenvalue weighted by Gasteiger charge is 2.12. The predicted octanol–water partition coefficient (Wildman–Crippen LogP) is 1.59. The lowest BCUT2D eigenvalue weighted by atomic mass is 10.1. The molecule has 0 fully saturated rings. The summed E-state index contributed by atoms with van der Waals surface area (Å²) in [5.74, 6) is -1.99. The fraction of sp³-hybridized carbons (Fsp3) is 0.231. The zero-order chi connectivity index (χ0) is 14.2. The van der Waals surface area contributed by atoms with Crippen LogP contribution in [0.15, 0.2) is 23.0 Å². The molecule has 100 valence electrons. The summed E-state index contributed by atoms with van der Waals surface area (Å²) < 4.78 is 27.1. The highest BCUT2D eigenvalue weighted by atomic mass is 19.2. The highest BCUT2D eigenvalue weighted by Crippen LogP contribution is 2.13. The zero-order valence-corrected chi connectivity index (χ0v) is 10.6. The molecule has 2 N–H and O–H groups in total. The van der Waals surface area contributed by atoms with E-state index in [1.165, 1.54) is 6.07 Å². The monoisotopic (exact) mass is 265 g/mol. The molecule has 0 unspecified atom stereocenters. The van der Waals surface area contributed by atoms with Crippen LogP contribution in [0.4, 0.5) is 8.78 Å². The van der Waals surface area contributed by atoms with Crippen molar-refractivity contribution in [3.8, 4) is 5.69 Å². The average molecular weight is 265 g/mol. The van der Waals surface area contributed by atoms with E-state index in [0.29, 0.717) is 16.8 Å². The quantitative estimate of drug-likeness (QED) is 0.897. The first-order chi connectivity index (χ1) is 8.95. The number of nitrogens with two attached hydrogens (primary N) is 1. The molecule has 0 bridgehead atoms. The fourth-order valence-corrected chi connectivity index (χ4v) is 1.91. The van der Waals surface area contributed by atoms with Crippen LogP contribution in [-0.4, -0.2) is 9.78 Å². The van der Waals surface area contributed by atoms with Gasteiger partial charge in [0.05, 0.1) is 11.4 Å². The van der Waals surface area contributed by atoms with Crippen LogP contribution in [0.2, 0.25) is 0 Å². The van der Waals surface area contributed by atoms with Gasteiger partial charge in [0.15, 0.2) is 11.6 Å². The maximum Gasteiger partial charge on any atom is 0.274 e. The number of aromatic nitrogens is 2. The van der Waals surface area contributed by atoms with Crippen molar-refractivity contribution in [2.75, 3.05) is 0 Å². The Morgan fingerprint density at radius 3 is 2.53 bits per heavy atom. The number of halogens is 2. The summed E-state index contributed by atoms with van der Waals surface area (Å²) in [6, 6.07) is 3.19. The minimum Gasteiger partial charge on any atom is -0.326 e. The van der Waals surface area contributed by atoms with Crippen molar-refractivity contribution < 1.29 is 8.78 Å². The third-order valence-corrected chi connectivity index (χ3v) is 3.00. The number of rotatable bonds is 2. The standard InChI is InChI=1S/C13H13F2N3O/c1-7-10(6-16)8(2)17-18(13(7)19)9-3-4-11(14)12(15)5-9/h3-5H,6,16H2,1-2H3. The van der Waals surface area contributed by atoms with Gasteiger partial charge in [-0.2, -0.15) is 9.78 Å². The van der Waals surface area contributed by atoms with E-state index in [1.54, 1.807) is 13.8 Å². The minimum absolute atomic E-state index is 0.179. The van der Waals surface area contributed by atoms with E-state index in [0.717, 1.165) is 16.8 Å². The topological polar surface area (TPSA) is 60.9 Å². The van der Waals surface area contributed by atoms with Crippen LogP contribution < -0.4 is 11.3 Å². The second-order valence-electron chi connectivity index (χ2n) is 4.21. The first kappa shape index (κ1) is 13.4. The van der Waals surface area contributed by atoms with Gasteiger partial charge in [0, 0.05) is 18.2 Å². The van der Waals surface area contributed by atoms with Crippen LogP contribution in [0.3, 0.4) is 0 Å². The SMILES string of the molecule is Cc1nn(-c2ccc(F)c(F)c2)c(=O)c(C)c1CN. The minimum atomic E-state index is -1.02. The Kier molecular flexibility index (Phi) is 3.44. The largest absolute Gasteiger partial charge is 0.326 e. The molecule has 0 aliphatic rings. The van der Waals surface area contributed by atoms with Crippen molar-refractivity contribution in [1.29, 1.82) is 0 Å². The van der Waals surface area contributed by atoms with Crippen molar-refractivity contribution in [2.24, 2.45) is 5.73 Å². The Bertz CT molecular complexity index is 695. The van der Waals surface area contributed by atoms with Crippen LogP contribution in [0, 0.1) is 25.5 Å². The van der Waals surface area contributed by atoms with Gasteiger partial charge in [0.25, 0.3) is 5.56 Å². The Balaban J connectivity index is 2.70. The molecule has 19 heavy (non-hydrogen) atoms. The van der Waals surface area contributed by atoms with Crippen LogP contribution >= 0.6 is 0 Å². The summed E-state index contributed by atoms with van der Waals surface area (Å²) in [6.45, 7) is 3.55. The number of nitrogens with zero attached hydrogens (tertiary/aromatic N) is 2. The molecule has 1 aromatic carbocycles. The molecule has 0 aliphatic heterocycles. The summed E-state index contributed by atoms with van der Waals surface area (Å²) in [5, 5.41) is 4.08. The average Bonchev–Trinajstić information content (AvgIpc) is 2.38. The summed E-state index contributed by atoms with van der Waals surface area (Å²) >= 11 is 0. The van der Waals surface area contributed by atoms with Crippen molar-refractivity contribution in [1.82, 2.24) is 9.78 Å². The zero-order valence-electron chi connectivity index (χ0n) is 10.6. The van der Waals surface area contributed by atoms with Crippen LogP contribution in [0.1, 0.15) is 16.8 Å². The maximum atomic E-state index is 13.2. The lowest BCUT2D eigenvalue weighted by Gasteiger charge is -2.11. The van der Waals surface area contributed by atoms with E-state index < -0.39 is 17.2 Å². The molecule has 0 atom stereocenters. The van der Waals surface area contributed by atoms with E-state index in [-0.39, 0.29) is 12.2 Å². The normalized spacial score (nSPS) is 10.8. The van der Waals surface area contributed by atoms with Crippen molar-refractivity contribution in [3.05, 3.63) is 57.0 Å². The third-order valence-electron chi connectivity index (χ3n) is 3.00. The molecule has 0 radical (unpaired) electrons. The number of aryl methyl sites for hydroxylation is 1. The molecule has 6 heteroatoms. The number of hydrogen-bond donors (Lipinski definition) is 1. The van der Waals surface area contributed by atoms with Crippen LogP contribution in [-0.2, 0) is 6.54 Å². The number of hydrogen-bond acceptors (Lipinski definition) is 3. The molecule has 4 nitrogen and oxygen atoms in total. The summed E-state index contributed by atoms with van der Waals surface area (Å²) in [6.07, 6.45) is 0. The first-order valence-corrected chi connectivity index (χ1v) is 5.70. The highest BCUT2D eigenvalue weighted by molar-refractivity contribution is 5.35. The van der Waals surface area contributed by atoms with Crippen LogP contribution in [0.25, 0.3) is 5.69 Å². The molecule has 1 heterocycles. The Morgan fingerprint density at radius 1 is 1.26 bits per heavy atom. The predicted molar refractivity (Wildman–Crippen MR) is 67.1 cm³/mol. The summed E-state index contributed by atoms with van der Waals surface area (Å²) in [5.41, 5.74) is 7.06. The van der Waals surface area contributed by atoms with Gasteiger partial charge in [-0.25, -0.2) is 8.78 Å². The van der Waals surface area contributed by atoms with Crippen molar-refractivity contribution >= 4 is 0 Å². The molecular weight excluding hydrogens is 252 g/mol. The van der Waals surface area contributed by atoms with Crippen molar-refractivity contribution in [3.63, 3.8) is 0 Å². The van der Waals surface area contributed by atoms with Gasteiger partial charge in [-0.3, -0.25) is 4.79 Å². The second-order valence-corrected chi connectivity index (χ2v) is 4.21. The molecule has 1 aromatic heterocycles. The van der Waals surface area contributed by atoms with Gasteiger partial charge >= 0.3 is 0 Å². The Labute approximate surface area is 108 Å². The van der Waals surface area contributed by atoms with Gasteiger partial charge in [-0.05, 0) is 31.5 Å². The van der Waals surface area contributed by atoms with E-state index in [2.05, 4.69) is 5.10 Å². The Hall–Kier alpha value is -2.08. The molecule has 0 spiro atoms. The van der Waals surface area contributed by atoms with Gasteiger partial charge < -0.3 is 5.73 Å². The third kappa shape index (κ3) is 2.26. The molecule has 0 aliphatic carbocycles. The van der Waals surface area contributed by atoms with E-state index in [4.69, 9.17) is 5.73 Å². The van der Waals surface area contributed by atoms with Crippen LogP contribution in [0.5, 0.6) is 0 Å². The summed E-state index contributed by atoms with van der Waals surface area (Å²) in [4.78, 5) is 12.1. The number of benzene rings is 1. The summed E-state index contributed by atoms with van der Waals surface area (Å²) in [7, 11) is 0. The molecule has 0 saturated carbocycles. The molecular formula is C13H13F2N3O. The Morgan fingerprint density at radius 2 is 1.95 bits per heavy atom. The fourth-order valence-electron chi connectivity index (χ4n) is 1.91. The van der Waals surface area contributed by atoms with E-state index >= 15 is 0 Å². The smallest absolute Gasteiger partial charge is 0.274 e. The molecule has 0 amide bonds. The molecule has 2 aromatic rings. The molecule has 2 rings (SSSR count). The van der Waals surface area contributed by atoms with Gasteiger partial charge in [0.2, 0.25) is 0 Å². The first-order valence-electron chi connectivity index (χ1n) is 5.70. The molecule has 0 saturated heterocycles. The lowest BCUT2D eigenvalue weighted by Crippen LogP contribution is -2.27. The van der Waals surface area contributed by atoms with Gasteiger partial charge in [-0.15, -0.1) is 0 Å². The second kappa shape index (κ2) is 4.89.